The molecule has 0 aliphatic carbocycles. The topological polar surface area (TPSA) is 84.6 Å². The molecule has 1 unspecified atom stereocenters. The summed E-state index contributed by atoms with van der Waals surface area (Å²) in [7, 11) is 1.65. The van der Waals surface area contributed by atoms with Crippen LogP contribution in [0.2, 0.25) is 0 Å². The SMILES string of the molecule is COc1c(C)cc(C)cc1CNCCC(N)C(=O)O. The summed E-state index contributed by atoms with van der Waals surface area (Å²) in [5, 5.41) is 11.9. The van der Waals surface area contributed by atoms with Gasteiger partial charge in [-0.2, -0.15) is 0 Å². The van der Waals surface area contributed by atoms with E-state index in [1.54, 1.807) is 7.11 Å². The first kappa shape index (κ1) is 15.5. The molecule has 0 aliphatic rings. The van der Waals surface area contributed by atoms with Gasteiger partial charge in [0.25, 0.3) is 0 Å². The van der Waals surface area contributed by atoms with E-state index in [2.05, 4.69) is 17.4 Å². The van der Waals surface area contributed by atoms with E-state index in [1.807, 2.05) is 13.8 Å². The molecule has 0 heterocycles. The minimum absolute atomic E-state index is 0.405. The molecule has 1 rings (SSSR count). The normalized spacial score (nSPS) is 12.2. The highest BCUT2D eigenvalue weighted by atomic mass is 16.5. The van der Waals surface area contributed by atoms with Crippen molar-refractivity contribution in [3.8, 4) is 5.75 Å². The van der Waals surface area contributed by atoms with Crippen LogP contribution in [-0.4, -0.2) is 30.8 Å². The Morgan fingerprint density at radius 2 is 2.16 bits per heavy atom. The third-order valence-corrected chi connectivity index (χ3v) is 2.96. The highest BCUT2D eigenvalue weighted by molar-refractivity contribution is 5.72. The quantitative estimate of drug-likeness (QED) is 0.646. The van der Waals surface area contributed by atoms with Gasteiger partial charge in [-0.3, -0.25) is 4.79 Å². The Kier molecular flexibility index (Phi) is 5.79. The highest BCUT2D eigenvalue weighted by Gasteiger charge is 2.11. The molecule has 5 heteroatoms. The van der Waals surface area contributed by atoms with Crippen molar-refractivity contribution in [2.45, 2.75) is 32.9 Å². The lowest BCUT2D eigenvalue weighted by atomic mass is 10.1. The maximum absolute atomic E-state index is 10.6. The summed E-state index contributed by atoms with van der Waals surface area (Å²) in [4.78, 5) is 10.6. The predicted octanol–water partition coefficient (Wildman–Crippen LogP) is 1.20. The van der Waals surface area contributed by atoms with Crippen molar-refractivity contribution < 1.29 is 14.6 Å². The van der Waals surface area contributed by atoms with Gasteiger partial charge in [-0.25, -0.2) is 0 Å². The summed E-state index contributed by atoms with van der Waals surface area (Å²) in [6, 6.07) is 3.33. The number of carboxylic acid groups (broad SMARTS) is 1. The Morgan fingerprint density at radius 3 is 2.74 bits per heavy atom. The van der Waals surface area contributed by atoms with Crippen molar-refractivity contribution in [3.05, 3.63) is 28.8 Å². The number of aliphatic carboxylic acids is 1. The molecule has 0 saturated heterocycles. The van der Waals surface area contributed by atoms with Crippen LogP contribution in [0.1, 0.15) is 23.1 Å². The second-order valence-electron chi connectivity index (χ2n) is 4.68. The Bertz CT molecular complexity index is 447. The Morgan fingerprint density at radius 1 is 1.47 bits per heavy atom. The van der Waals surface area contributed by atoms with Crippen molar-refractivity contribution in [3.63, 3.8) is 0 Å². The number of nitrogens with one attached hydrogen (secondary N) is 1. The first-order valence-electron chi connectivity index (χ1n) is 6.29. The van der Waals surface area contributed by atoms with Crippen LogP contribution in [0, 0.1) is 13.8 Å². The Labute approximate surface area is 113 Å². The maximum atomic E-state index is 10.6. The highest BCUT2D eigenvalue weighted by Crippen LogP contribution is 2.24. The number of hydrogen-bond donors (Lipinski definition) is 3. The fourth-order valence-corrected chi connectivity index (χ4v) is 2.07. The van der Waals surface area contributed by atoms with Crippen LogP contribution in [0.5, 0.6) is 5.75 Å². The largest absolute Gasteiger partial charge is 0.496 e. The minimum atomic E-state index is -0.967. The molecule has 4 N–H and O–H groups in total. The third kappa shape index (κ3) is 4.54. The molecule has 0 spiro atoms. The Hall–Kier alpha value is -1.59. The van der Waals surface area contributed by atoms with Crippen LogP contribution in [0.25, 0.3) is 0 Å². The third-order valence-electron chi connectivity index (χ3n) is 2.96. The lowest BCUT2D eigenvalue weighted by Crippen LogP contribution is -2.33. The number of rotatable bonds is 7. The van der Waals surface area contributed by atoms with Gasteiger partial charge in [0, 0.05) is 12.1 Å². The first-order valence-corrected chi connectivity index (χ1v) is 6.29. The van der Waals surface area contributed by atoms with Crippen LogP contribution in [0.15, 0.2) is 12.1 Å². The van der Waals surface area contributed by atoms with Crippen molar-refractivity contribution in [2.24, 2.45) is 5.73 Å². The maximum Gasteiger partial charge on any atom is 0.320 e. The molecule has 1 aromatic rings. The first-order chi connectivity index (χ1) is 8.95. The van der Waals surface area contributed by atoms with E-state index in [0.717, 1.165) is 16.9 Å². The summed E-state index contributed by atoms with van der Waals surface area (Å²) in [6.45, 7) is 5.24. The second kappa shape index (κ2) is 7.11. The molecular formula is C14H22N2O3. The Balaban J connectivity index is 2.56. The average molecular weight is 266 g/mol. The smallest absolute Gasteiger partial charge is 0.320 e. The molecule has 1 atom stereocenters. The zero-order valence-corrected chi connectivity index (χ0v) is 11.7. The molecule has 0 fully saturated rings. The van der Waals surface area contributed by atoms with Gasteiger partial charge in [-0.05, 0) is 32.4 Å². The zero-order valence-electron chi connectivity index (χ0n) is 11.7. The number of carbonyl (C=O) groups is 1. The monoisotopic (exact) mass is 266 g/mol. The molecular weight excluding hydrogens is 244 g/mol. The van der Waals surface area contributed by atoms with Gasteiger partial charge in [0.1, 0.15) is 11.8 Å². The standard InChI is InChI=1S/C14H22N2O3/c1-9-6-10(2)13(19-3)11(7-9)8-16-5-4-12(15)14(17)18/h6-7,12,16H,4-5,8,15H2,1-3H3,(H,17,18). The molecule has 0 amide bonds. The number of carboxylic acids is 1. The summed E-state index contributed by atoms with van der Waals surface area (Å²) < 4.78 is 5.39. The lowest BCUT2D eigenvalue weighted by molar-refractivity contribution is -0.138. The molecule has 5 nitrogen and oxygen atoms in total. The zero-order chi connectivity index (χ0) is 14.4. The van der Waals surface area contributed by atoms with Crippen LogP contribution >= 0.6 is 0 Å². The van der Waals surface area contributed by atoms with E-state index in [0.29, 0.717) is 19.5 Å². The van der Waals surface area contributed by atoms with Crippen LogP contribution < -0.4 is 15.8 Å². The fraction of sp³-hybridized carbons (Fsp3) is 0.500. The molecule has 1 aromatic carbocycles. The predicted molar refractivity (Wildman–Crippen MR) is 74.4 cm³/mol. The number of aryl methyl sites for hydroxylation is 2. The molecule has 0 saturated carbocycles. The fourth-order valence-electron chi connectivity index (χ4n) is 2.07. The van der Waals surface area contributed by atoms with Gasteiger partial charge in [0.15, 0.2) is 0 Å². The van der Waals surface area contributed by atoms with Crippen LogP contribution in [0.4, 0.5) is 0 Å². The van der Waals surface area contributed by atoms with E-state index in [-0.39, 0.29) is 0 Å². The number of methoxy groups -OCH3 is 1. The second-order valence-corrected chi connectivity index (χ2v) is 4.68. The van der Waals surface area contributed by atoms with Crippen LogP contribution in [-0.2, 0) is 11.3 Å². The van der Waals surface area contributed by atoms with E-state index < -0.39 is 12.0 Å². The molecule has 19 heavy (non-hydrogen) atoms. The molecule has 0 aliphatic heterocycles. The summed E-state index contributed by atoms with van der Waals surface area (Å²) in [5.74, 6) is -0.0913. The van der Waals surface area contributed by atoms with Crippen molar-refractivity contribution in [2.75, 3.05) is 13.7 Å². The average Bonchev–Trinajstić information content (AvgIpc) is 2.33. The van der Waals surface area contributed by atoms with Crippen molar-refractivity contribution in [1.29, 1.82) is 0 Å². The summed E-state index contributed by atoms with van der Waals surface area (Å²) in [5.41, 5.74) is 8.79. The van der Waals surface area contributed by atoms with E-state index in [4.69, 9.17) is 15.6 Å². The molecule has 106 valence electrons. The van der Waals surface area contributed by atoms with Crippen LogP contribution in [0.3, 0.4) is 0 Å². The summed E-state index contributed by atoms with van der Waals surface area (Å²) >= 11 is 0. The summed E-state index contributed by atoms with van der Waals surface area (Å²) in [6.07, 6.45) is 0.405. The molecule has 0 aromatic heterocycles. The molecule has 0 bridgehead atoms. The molecule has 0 radical (unpaired) electrons. The number of ether oxygens (including phenoxy) is 1. The minimum Gasteiger partial charge on any atom is -0.496 e. The van der Waals surface area contributed by atoms with Gasteiger partial charge in [0.2, 0.25) is 0 Å². The van der Waals surface area contributed by atoms with Gasteiger partial charge >= 0.3 is 5.97 Å². The van der Waals surface area contributed by atoms with Gasteiger partial charge in [-0.1, -0.05) is 17.7 Å². The van der Waals surface area contributed by atoms with Gasteiger partial charge in [0.05, 0.1) is 7.11 Å². The lowest BCUT2D eigenvalue weighted by Gasteiger charge is -2.14. The van der Waals surface area contributed by atoms with E-state index in [9.17, 15) is 4.79 Å². The number of hydrogen-bond acceptors (Lipinski definition) is 4. The van der Waals surface area contributed by atoms with Gasteiger partial charge < -0.3 is 20.9 Å². The number of nitrogens with two attached hydrogens (primary N) is 1. The van der Waals surface area contributed by atoms with Gasteiger partial charge in [-0.15, -0.1) is 0 Å². The van der Waals surface area contributed by atoms with Crippen molar-refractivity contribution in [1.82, 2.24) is 5.32 Å². The van der Waals surface area contributed by atoms with Crippen molar-refractivity contribution >= 4 is 5.97 Å². The van der Waals surface area contributed by atoms with E-state index >= 15 is 0 Å². The van der Waals surface area contributed by atoms with E-state index in [1.165, 1.54) is 5.56 Å². The number of benzene rings is 1.